The molecule has 110 valence electrons. The lowest BCUT2D eigenvalue weighted by Gasteiger charge is -2.13. The highest BCUT2D eigenvalue weighted by molar-refractivity contribution is 9.10. The van der Waals surface area contributed by atoms with Gasteiger partial charge in [-0.1, -0.05) is 39.7 Å². The average Bonchev–Trinajstić information content (AvgIpc) is 2.44. The van der Waals surface area contributed by atoms with Crippen molar-refractivity contribution in [2.45, 2.75) is 12.5 Å². The minimum atomic E-state index is -0.700. The van der Waals surface area contributed by atoms with Gasteiger partial charge in [-0.05, 0) is 42.3 Å². The molecule has 1 atom stereocenters. The maximum Gasteiger partial charge on any atom is 0.241 e. The van der Waals surface area contributed by atoms with Crippen LogP contribution >= 0.6 is 27.5 Å². The normalized spacial score (nSPS) is 12.0. The van der Waals surface area contributed by atoms with Gasteiger partial charge in [-0.2, -0.15) is 0 Å². The molecule has 1 amide bonds. The number of phenolic OH excluding ortho intramolecular Hbond substituents is 1. The van der Waals surface area contributed by atoms with Crippen LogP contribution in [0.25, 0.3) is 0 Å². The number of anilines is 1. The number of phenols is 1. The summed E-state index contributed by atoms with van der Waals surface area (Å²) in [5, 5.41) is 12.4. The quantitative estimate of drug-likeness (QED) is 0.774. The molecule has 0 fully saturated rings. The van der Waals surface area contributed by atoms with Crippen molar-refractivity contribution in [2.75, 3.05) is 5.32 Å². The molecule has 0 spiro atoms. The molecular weight excluding hydrogens is 356 g/mol. The predicted molar refractivity (Wildman–Crippen MR) is 87.6 cm³/mol. The van der Waals surface area contributed by atoms with E-state index in [1.807, 2.05) is 0 Å². The van der Waals surface area contributed by atoms with Gasteiger partial charge in [0.05, 0.1) is 16.8 Å². The Morgan fingerprint density at radius 2 is 1.95 bits per heavy atom. The van der Waals surface area contributed by atoms with Crippen molar-refractivity contribution in [3.63, 3.8) is 0 Å². The first-order chi connectivity index (χ1) is 9.95. The first-order valence-corrected chi connectivity index (χ1v) is 7.42. The van der Waals surface area contributed by atoms with E-state index in [9.17, 15) is 9.90 Å². The van der Waals surface area contributed by atoms with Gasteiger partial charge < -0.3 is 16.2 Å². The Labute approximate surface area is 136 Å². The lowest BCUT2D eigenvalue weighted by atomic mass is 10.1. The number of nitrogens with one attached hydrogen (secondary N) is 1. The lowest BCUT2D eigenvalue weighted by Crippen LogP contribution is -2.37. The predicted octanol–water partition coefficient (Wildman–Crippen LogP) is 3.32. The van der Waals surface area contributed by atoms with Crippen LogP contribution in [0.4, 0.5) is 5.69 Å². The molecule has 21 heavy (non-hydrogen) atoms. The summed E-state index contributed by atoms with van der Waals surface area (Å²) >= 11 is 9.34. The molecule has 6 heteroatoms. The van der Waals surface area contributed by atoms with Gasteiger partial charge in [0.15, 0.2) is 0 Å². The van der Waals surface area contributed by atoms with Crippen LogP contribution < -0.4 is 11.1 Å². The fourth-order valence-corrected chi connectivity index (χ4v) is 2.52. The number of amides is 1. The van der Waals surface area contributed by atoms with Crippen molar-refractivity contribution >= 4 is 39.1 Å². The van der Waals surface area contributed by atoms with Gasteiger partial charge in [-0.15, -0.1) is 0 Å². The first kappa shape index (κ1) is 15.8. The molecule has 4 N–H and O–H groups in total. The molecular formula is C15H14BrClN2O2. The number of benzene rings is 2. The second-order valence-corrected chi connectivity index (χ2v) is 5.91. The van der Waals surface area contributed by atoms with Crippen molar-refractivity contribution in [1.29, 1.82) is 0 Å². The van der Waals surface area contributed by atoms with Crippen LogP contribution in [0.15, 0.2) is 46.9 Å². The standard InChI is InChI=1S/C15H14BrClN2O2/c16-10-3-6-14(12(17)8-10)19-15(21)13(18)7-9-1-4-11(20)5-2-9/h1-6,8,13,20H,7,18H2,(H,19,21)/t13-/m1/s1. The fraction of sp³-hybridized carbons (Fsp3) is 0.133. The van der Waals surface area contributed by atoms with Crippen molar-refractivity contribution in [3.8, 4) is 5.75 Å². The first-order valence-electron chi connectivity index (χ1n) is 6.25. The minimum Gasteiger partial charge on any atom is -0.508 e. The maximum atomic E-state index is 12.1. The van der Waals surface area contributed by atoms with Crippen LogP contribution in [-0.2, 0) is 11.2 Å². The maximum absolute atomic E-state index is 12.1. The van der Waals surface area contributed by atoms with E-state index in [1.54, 1.807) is 42.5 Å². The second kappa shape index (κ2) is 6.93. The number of aromatic hydroxyl groups is 1. The van der Waals surface area contributed by atoms with Crippen LogP contribution in [0.3, 0.4) is 0 Å². The van der Waals surface area contributed by atoms with Gasteiger partial charge in [0.2, 0.25) is 5.91 Å². The summed E-state index contributed by atoms with van der Waals surface area (Å²) in [6.45, 7) is 0. The molecule has 0 saturated carbocycles. The van der Waals surface area contributed by atoms with E-state index in [4.69, 9.17) is 17.3 Å². The summed E-state index contributed by atoms with van der Waals surface area (Å²) in [7, 11) is 0. The molecule has 0 aromatic heterocycles. The molecule has 0 radical (unpaired) electrons. The summed E-state index contributed by atoms with van der Waals surface area (Å²) in [6, 6.07) is 11.1. The van der Waals surface area contributed by atoms with Crippen molar-refractivity contribution in [1.82, 2.24) is 0 Å². The molecule has 0 aliphatic rings. The van der Waals surface area contributed by atoms with Gasteiger partial charge in [0.25, 0.3) is 0 Å². The Hall–Kier alpha value is -1.56. The second-order valence-electron chi connectivity index (χ2n) is 4.59. The van der Waals surface area contributed by atoms with Gasteiger partial charge in [0.1, 0.15) is 5.75 Å². The van der Waals surface area contributed by atoms with E-state index in [-0.39, 0.29) is 11.7 Å². The Morgan fingerprint density at radius 1 is 1.29 bits per heavy atom. The molecule has 0 saturated heterocycles. The van der Waals surface area contributed by atoms with Crippen molar-refractivity contribution in [3.05, 3.63) is 57.5 Å². The highest BCUT2D eigenvalue weighted by atomic mass is 79.9. The number of carbonyl (C=O) groups excluding carboxylic acids is 1. The van der Waals surface area contributed by atoms with Crippen LogP contribution in [0, 0.1) is 0 Å². The summed E-state index contributed by atoms with van der Waals surface area (Å²) in [5.74, 6) is -0.134. The number of hydrogen-bond donors (Lipinski definition) is 3. The zero-order valence-corrected chi connectivity index (χ0v) is 13.4. The zero-order chi connectivity index (χ0) is 15.4. The van der Waals surface area contributed by atoms with E-state index >= 15 is 0 Å². The summed E-state index contributed by atoms with van der Waals surface area (Å²) in [4.78, 5) is 12.1. The van der Waals surface area contributed by atoms with Crippen molar-refractivity contribution < 1.29 is 9.90 Å². The Balaban J connectivity index is 2.00. The summed E-state index contributed by atoms with van der Waals surface area (Å²) in [5.41, 5.74) is 7.28. The number of hydrogen-bond acceptors (Lipinski definition) is 3. The van der Waals surface area contributed by atoms with Crippen LogP contribution in [-0.4, -0.2) is 17.1 Å². The van der Waals surface area contributed by atoms with Gasteiger partial charge in [-0.25, -0.2) is 0 Å². The lowest BCUT2D eigenvalue weighted by molar-refractivity contribution is -0.117. The van der Waals surface area contributed by atoms with E-state index < -0.39 is 6.04 Å². The third-order valence-electron chi connectivity index (χ3n) is 2.92. The third kappa shape index (κ3) is 4.46. The zero-order valence-electron chi connectivity index (χ0n) is 11.0. The minimum absolute atomic E-state index is 0.179. The number of carbonyl (C=O) groups is 1. The Morgan fingerprint density at radius 3 is 2.57 bits per heavy atom. The molecule has 0 aliphatic heterocycles. The van der Waals surface area contributed by atoms with E-state index in [0.29, 0.717) is 17.1 Å². The number of nitrogens with two attached hydrogens (primary N) is 1. The number of halogens is 2. The molecule has 0 unspecified atom stereocenters. The molecule has 0 heterocycles. The van der Waals surface area contributed by atoms with Crippen LogP contribution in [0.5, 0.6) is 5.75 Å². The smallest absolute Gasteiger partial charge is 0.241 e. The SMILES string of the molecule is N[C@H](Cc1ccc(O)cc1)C(=O)Nc1ccc(Br)cc1Cl. The topological polar surface area (TPSA) is 75.3 Å². The Kier molecular flexibility index (Phi) is 5.22. The monoisotopic (exact) mass is 368 g/mol. The van der Waals surface area contributed by atoms with Crippen molar-refractivity contribution in [2.24, 2.45) is 5.73 Å². The van der Waals surface area contributed by atoms with E-state index in [2.05, 4.69) is 21.2 Å². The summed E-state index contributed by atoms with van der Waals surface area (Å²) < 4.78 is 0.832. The number of rotatable bonds is 4. The fourth-order valence-electron chi connectivity index (χ4n) is 1.79. The van der Waals surface area contributed by atoms with E-state index in [0.717, 1.165) is 10.0 Å². The van der Waals surface area contributed by atoms with E-state index in [1.165, 1.54) is 0 Å². The highest BCUT2D eigenvalue weighted by Crippen LogP contribution is 2.25. The van der Waals surface area contributed by atoms with Crippen LogP contribution in [0.2, 0.25) is 5.02 Å². The van der Waals surface area contributed by atoms with Gasteiger partial charge in [0, 0.05) is 4.47 Å². The Bertz CT molecular complexity index is 647. The summed E-state index contributed by atoms with van der Waals surface area (Å²) in [6.07, 6.45) is 0.375. The largest absolute Gasteiger partial charge is 0.508 e. The molecule has 4 nitrogen and oxygen atoms in total. The van der Waals surface area contributed by atoms with Gasteiger partial charge >= 0.3 is 0 Å². The highest BCUT2D eigenvalue weighted by Gasteiger charge is 2.15. The average molecular weight is 370 g/mol. The molecule has 0 aliphatic carbocycles. The molecule has 2 aromatic rings. The molecule has 2 rings (SSSR count). The third-order valence-corrected chi connectivity index (χ3v) is 3.72. The molecule has 2 aromatic carbocycles. The molecule has 0 bridgehead atoms. The van der Waals surface area contributed by atoms with Gasteiger partial charge in [-0.3, -0.25) is 4.79 Å². The van der Waals surface area contributed by atoms with Crippen LogP contribution in [0.1, 0.15) is 5.56 Å².